The van der Waals surface area contributed by atoms with Gasteiger partial charge < -0.3 is 63.8 Å². The summed E-state index contributed by atoms with van der Waals surface area (Å²) in [6.07, 6.45) is 18.8. The summed E-state index contributed by atoms with van der Waals surface area (Å²) in [6, 6.07) is 57.7. The van der Waals surface area contributed by atoms with Crippen LogP contribution in [0.1, 0.15) is 130 Å². The van der Waals surface area contributed by atoms with E-state index < -0.39 is 0 Å². The van der Waals surface area contributed by atoms with Gasteiger partial charge in [0.15, 0.2) is 0 Å². The van der Waals surface area contributed by atoms with Crippen molar-refractivity contribution in [1.82, 2.24) is 63.8 Å². The minimum atomic E-state index is 0.843. The third kappa shape index (κ3) is 30.6. The second-order valence-electron chi connectivity index (χ2n) is 27.6. The number of nitrogens with one attached hydrogen (secondary N) is 12. The Labute approximate surface area is 563 Å². The highest BCUT2D eigenvalue weighted by Crippen LogP contribution is 2.38. The van der Waals surface area contributed by atoms with Crippen LogP contribution in [0.4, 0.5) is 0 Å². The molecular formula is C81H122N12. The molecule has 506 valence electrons. The molecule has 6 atom stereocenters. The third-order valence-corrected chi connectivity index (χ3v) is 19.4. The predicted octanol–water partition coefficient (Wildman–Crippen LogP) is 11.8. The SMILES string of the molecule is c1ccc(CNCCCCNC[C@@H]2C[C@H]2CNCCCCNCc2cccc(-c3cccc(CNCCCCNC[C@H]4C[C@@H]4CNCCCCNCc4cccc(-c5cccc(CNCCCCNC[C@@H]6C[C@@H]6CNCCCCNCc6ccccc6)c5)c4)c3)c2)cc1. The fourth-order valence-electron chi connectivity index (χ4n) is 13.2. The summed E-state index contributed by atoms with van der Waals surface area (Å²) in [7, 11) is 0. The van der Waals surface area contributed by atoms with Crippen LogP contribution in [0, 0.1) is 35.5 Å². The monoisotopic (exact) mass is 1260 g/mol. The van der Waals surface area contributed by atoms with Crippen molar-refractivity contribution in [3.05, 3.63) is 191 Å². The van der Waals surface area contributed by atoms with E-state index in [1.54, 1.807) is 0 Å². The molecule has 0 spiro atoms. The van der Waals surface area contributed by atoms with Gasteiger partial charge in [0, 0.05) is 39.3 Å². The van der Waals surface area contributed by atoms with Gasteiger partial charge in [-0.3, -0.25) is 0 Å². The summed E-state index contributed by atoms with van der Waals surface area (Å²) in [5, 5.41) is 44.4. The second-order valence-corrected chi connectivity index (χ2v) is 27.6. The summed E-state index contributed by atoms with van der Waals surface area (Å²) >= 11 is 0. The summed E-state index contributed by atoms with van der Waals surface area (Å²) in [5.74, 6) is 5.15. The lowest BCUT2D eigenvalue weighted by atomic mass is 10.0. The third-order valence-electron chi connectivity index (χ3n) is 19.4. The van der Waals surface area contributed by atoms with Crippen molar-refractivity contribution in [2.45, 2.75) is 136 Å². The molecule has 0 aromatic heterocycles. The minimum absolute atomic E-state index is 0.843. The van der Waals surface area contributed by atoms with Crippen LogP contribution >= 0.6 is 0 Å². The average Bonchev–Trinajstić information content (AvgIpc) is 2.20. The second kappa shape index (κ2) is 44.6. The molecule has 12 N–H and O–H groups in total. The zero-order valence-electron chi connectivity index (χ0n) is 57.1. The van der Waals surface area contributed by atoms with Gasteiger partial charge in [-0.05, 0) is 330 Å². The number of rotatable bonds is 56. The average molecular weight is 1260 g/mol. The fourth-order valence-corrected chi connectivity index (χ4v) is 13.2. The van der Waals surface area contributed by atoms with Crippen LogP contribution in [-0.4, -0.2) is 118 Å². The highest BCUT2D eigenvalue weighted by Gasteiger charge is 2.37. The van der Waals surface area contributed by atoms with Crippen molar-refractivity contribution in [3.8, 4) is 22.3 Å². The number of hydrogen-bond acceptors (Lipinski definition) is 12. The molecule has 0 aliphatic heterocycles. The predicted molar refractivity (Wildman–Crippen MR) is 394 cm³/mol. The normalized spacial score (nSPS) is 18.1. The van der Waals surface area contributed by atoms with Gasteiger partial charge in [-0.2, -0.15) is 0 Å². The van der Waals surface area contributed by atoms with E-state index in [-0.39, 0.29) is 0 Å². The van der Waals surface area contributed by atoms with Gasteiger partial charge in [-0.25, -0.2) is 0 Å². The molecule has 6 aromatic carbocycles. The first-order chi connectivity index (χ1) is 46.2. The Balaban J connectivity index is 0.497. The van der Waals surface area contributed by atoms with Crippen molar-refractivity contribution in [3.63, 3.8) is 0 Å². The van der Waals surface area contributed by atoms with E-state index in [2.05, 4.69) is 222 Å². The molecule has 6 aromatic rings. The number of hydrogen-bond donors (Lipinski definition) is 12. The van der Waals surface area contributed by atoms with Crippen molar-refractivity contribution < 1.29 is 0 Å². The number of benzene rings is 6. The molecule has 0 unspecified atom stereocenters. The smallest absolute Gasteiger partial charge is 0.0205 e. The Kier molecular flexibility index (Phi) is 34.6. The Bertz CT molecular complexity index is 2680. The van der Waals surface area contributed by atoms with Gasteiger partial charge in [0.2, 0.25) is 0 Å². The Hall–Kier alpha value is -5.16. The highest BCUT2D eigenvalue weighted by molar-refractivity contribution is 5.66. The van der Waals surface area contributed by atoms with E-state index in [4.69, 9.17) is 0 Å². The summed E-state index contributed by atoms with van der Waals surface area (Å²) in [6.45, 7) is 25.8. The molecule has 0 bridgehead atoms. The molecule has 9 rings (SSSR count). The summed E-state index contributed by atoms with van der Waals surface area (Å²) < 4.78 is 0. The molecular weight excluding hydrogens is 1140 g/mol. The molecule has 0 saturated heterocycles. The molecule has 12 heteroatoms. The zero-order valence-corrected chi connectivity index (χ0v) is 57.1. The van der Waals surface area contributed by atoms with E-state index in [0.717, 1.165) is 153 Å². The van der Waals surface area contributed by atoms with Gasteiger partial charge in [-0.15, -0.1) is 0 Å². The van der Waals surface area contributed by atoms with Crippen LogP contribution in [0.15, 0.2) is 158 Å². The van der Waals surface area contributed by atoms with Crippen LogP contribution < -0.4 is 63.8 Å². The fraction of sp³-hybridized carbons (Fsp3) is 0.556. The van der Waals surface area contributed by atoms with Crippen LogP contribution in [0.25, 0.3) is 22.3 Å². The summed E-state index contributed by atoms with van der Waals surface area (Å²) in [4.78, 5) is 0. The molecule has 3 saturated carbocycles. The van der Waals surface area contributed by atoms with E-state index in [1.165, 1.54) is 191 Å². The summed E-state index contributed by atoms with van der Waals surface area (Å²) in [5.41, 5.74) is 13.3. The lowest BCUT2D eigenvalue weighted by Gasteiger charge is -2.10. The Morgan fingerprint density at radius 1 is 0.194 bits per heavy atom. The topological polar surface area (TPSA) is 144 Å². The first kappa shape index (κ1) is 72.1. The van der Waals surface area contributed by atoms with Gasteiger partial charge in [0.25, 0.3) is 0 Å². The molecule has 0 radical (unpaired) electrons. The molecule has 3 aliphatic rings. The molecule has 0 heterocycles. The molecule has 93 heavy (non-hydrogen) atoms. The first-order valence-electron chi connectivity index (χ1n) is 37.1. The van der Waals surface area contributed by atoms with Crippen molar-refractivity contribution in [2.24, 2.45) is 35.5 Å². The largest absolute Gasteiger partial charge is 0.316 e. The molecule has 12 nitrogen and oxygen atoms in total. The maximum Gasteiger partial charge on any atom is 0.0205 e. The van der Waals surface area contributed by atoms with Crippen molar-refractivity contribution in [2.75, 3.05) is 118 Å². The van der Waals surface area contributed by atoms with Crippen LogP contribution in [0.3, 0.4) is 0 Å². The van der Waals surface area contributed by atoms with Crippen molar-refractivity contribution in [1.29, 1.82) is 0 Å². The van der Waals surface area contributed by atoms with Crippen molar-refractivity contribution >= 4 is 0 Å². The highest BCUT2D eigenvalue weighted by atomic mass is 14.9. The molecule has 3 aliphatic carbocycles. The van der Waals surface area contributed by atoms with Gasteiger partial charge in [-0.1, -0.05) is 133 Å². The first-order valence-corrected chi connectivity index (χ1v) is 37.1. The lowest BCUT2D eigenvalue weighted by molar-refractivity contribution is 0.529. The van der Waals surface area contributed by atoms with Gasteiger partial charge >= 0.3 is 0 Å². The maximum atomic E-state index is 3.76. The quantitative estimate of drug-likeness (QED) is 0.0165. The van der Waals surface area contributed by atoms with E-state index in [1.807, 2.05) is 0 Å². The van der Waals surface area contributed by atoms with Crippen LogP contribution in [0.2, 0.25) is 0 Å². The lowest BCUT2D eigenvalue weighted by Crippen LogP contribution is -2.24. The Morgan fingerprint density at radius 2 is 0.376 bits per heavy atom. The van der Waals surface area contributed by atoms with Crippen LogP contribution in [0.5, 0.6) is 0 Å². The number of unbranched alkanes of at least 4 members (excludes halogenated alkanes) is 6. The molecule has 0 amide bonds. The zero-order chi connectivity index (χ0) is 63.7. The van der Waals surface area contributed by atoms with E-state index >= 15 is 0 Å². The van der Waals surface area contributed by atoms with Gasteiger partial charge in [0.1, 0.15) is 0 Å². The maximum absolute atomic E-state index is 3.76. The minimum Gasteiger partial charge on any atom is -0.316 e. The Morgan fingerprint density at radius 3 is 0.591 bits per heavy atom. The van der Waals surface area contributed by atoms with E-state index in [9.17, 15) is 0 Å². The van der Waals surface area contributed by atoms with Crippen LogP contribution in [-0.2, 0) is 39.3 Å². The van der Waals surface area contributed by atoms with Gasteiger partial charge in [0.05, 0.1) is 0 Å². The van der Waals surface area contributed by atoms with E-state index in [0.29, 0.717) is 0 Å². The molecule has 3 fully saturated rings. The standard InChI is InChI=1S/C81H122N12/c1-3-23-66(24-4-1)54-82-35-7-13-41-88-60-76-51-78(76)62-90-43-15-9-37-84-56-68-27-19-31-72(47-68)74-33-21-29-70(49-74)58-86-39-11-17-45-92-64-80-53-81(80)65-93-46-18-12-40-87-59-71-30-22-34-75(50-71)73-32-20-28-69(48-73)57-85-38-10-16-44-91-63-79-52-77(79)61-89-42-14-8-36-83-55-67-25-5-2-6-26-67/h1-6,19-34,47-50,76-93H,7-18,35-46,51-65H2/t76-,77+,78-,79-,80+,81+/m0/s1.